The first kappa shape index (κ1) is 13.6. The number of benzene rings is 1. The van der Waals surface area contributed by atoms with Crippen molar-refractivity contribution in [3.63, 3.8) is 0 Å². The summed E-state index contributed by atoms with van der Waals surface area (Å²) < 4.78 is 5.26. The topological polar surface area (TPSA) is 51.0 Å². The van der Waals surface area contributed by atoms with Gasteiger partial charge in [0.15, 0.2) is 6.39 Å². The summed E-state index contributed by atoms with van der Waals surface area (Å²) >= 11 is 0. The minimum Gasteiger partial charge on any atom is -0.448 e. The van der Waals surface area contributed by atoms with Crippen molar-refractivity contribution in [2.75, 3.05) is 5.32 Å². The minimum absolute atomic E-state index is 0.656. The number of oxazole rings is 1. The third-order valence-corrected chi connectivity index (χ3v) is 3.83. The summed E-state index contributed by atoms with van der Waals surface area (Å²) in [5.41, 5.74) is 5.45. The van der Waals surface area contributed by atoms with Crippen molar-refractivity contribution in [1.29, 1.82) is 0 Å². The fourth-order valence-electron chi connectivity index (χ4n) is 2.68. The molecular weight excluding hydrogens is 262 g/mol. The van der Waals surface area contributed by atoms with Gasteiger partial charge in [-0.25, -0.2) is 4.98 Å². The zero-order valence-corrected chi connectivity index (χ0v) is 12.6. The average molecular weight is 281 g/mol. The third kappa shape index (κ3) is 2.49. The SMILES string of the molecule is CCc1c(C)nc2ccccc2c1NCc1ncoc1C. The Morgan fingerprint density at radius 3 is 2.71 bits per heavy atom. The van der Waals surface area contributed by atoms with Crippen LogP contribution >= 0.6 is 0 Å². The number of aryl methyl sites for hydroxylation is 2. The number of para-hydroxylation sites is 1. The predicted molar refractivity (Wildman–Crippen MR) is 84.4 cm³/mol. The van der Waals surface area contributed by atoms with E-state index in [2.05, 4.69) is 30.2 Å². The largest absolute Gasteiger partial charge is 0.448 e. The van der Waals surface area contributed by atoms with Crippen LogP contribution in [-0.4, -0.2) is 9.97 Å². The van der Waals surface area contributed by atoms with E-state index in [9.17, 15) is 0 Å². The zero-order valence-electron chi connectivity index (χ0n) is 12.6. The molecule has 0 amide bonds. The van der Waals surface area contributed by atoms with Gasteiger partial charge in [0.2, 0.25) is 0 Å². The van der Waals surface area contributed by atoms with Gasteiger partial charge in [-0.05, 0) is 31.9 Å². The molecule has 3 aromatic rings. The standard InChI is InChI=1S/C17H19N3O/c1-4-13-11(2)20-15-8-6-5-7-14(15)17(13)18-9-16-12(3)21-10-19-16/h5-8,10H,4,9H2,1-3H3,(H,18,20). The van der Waals surface area contributed by atoms with E-state index in [1.807, 2.05) is 25.1 Å². The van der Waals surface area contributed by atoms with E-state index in [1.165, 1.54) is 12.0 Å². The molecule has 0 fully saturated rings. The Balaban J connectivity index is 2.05. The maximum Gasteiger partial charge on any atom is 0.181 e. The molecule has 1 aromatic carbocycles. The molecule has 0 unspecified atom stereocenters. The third-order valence-electron chi connectivity index (χ3n) is 3.83. The number of rotatable bonds is 4. The molecule has 0 aliphatic heterocycles. The van der Waals surface area contributed by atoms with Crippen LogP contribution in [0.3, 0.4) is 0 Å². The second kappa shape index (κ2) is 5.56. The average Bonchev–Trinajstić information content (AvgIpc) is 2.89. The van der Waals surface area contributed by atoms with Crippen molar-refractivity contribution in [2.45, 2.75) is 33.7 Å². The van der Waals surface area contributed by atoms with E-state index in [1.54, 1.807) is 0 Å². The quantitative estimate of drug-likeness (QED) is 0.785. The second-order valence-electron chi connectivity index (χ2n) is 5.13. The van der Waals surface area contributed by atoms with E-state index in [0.29, 0.717) is 6.54 Å². The van der Waals surface area contributed by atoms with Gasteiger partial charge in [0.1, 0.15) is 11.5 Å². The van der Waals surface area contributed by atoms with Crippen molar-refractivity contribution in [3.8, 4) is 0 Å². The van der Waals surface area contributed by atoms with Gasteiger partial charge >= 0.3 is 0 Å². The maximum absolute atomic E-state index is 5.26. The maximum atomic E-state index is 5.26. The molecule has 2 heterocycles. The number of anilines is 1. The fraction of sp³-hybridized carbons (Fsp3) is 0.294. The molecule has 4 heteroatoms. The van der Waals surface area contributed by atoms with Crippen LogP contribution in [0.4, 0.5) is 5.69 Å². The van der Waals surface area contributed by atoms with E-state index >= 15 is 0 Å². The number of pyridine rings is 1. The van der Waals surface area contributed by atoms with Crippen LogP contribution in [0.5, 0.6) is 0 Å². The zero-order chi connectivity index (χ0) is 14.8. The highest BCUT2D eigenvalue weighted by Crippen LogP contribution is 2.29. The Morgan fingerprint density at radius 2 is 2.00 bits per heavy atom. The molecule has 21 heavy (non-hydrogen) atoms. The highest BCUT2D eigenvalue weighted by molar-refractivity contribution is 5.93. The Hall–Kier alpha value is -2.36. The summed E-state index contributed by atoms with van der Waals surface area (Å²) in [6.45, 7) is 6.81. The Morgan fingerprint density at radius 1 is 1.19 bits per heavy atom. The van der Waals surface area contributed by atoms with Crippen molar-refractivity contribution >= 4 is 16.6 Å². The van der Waals surface area contributed by atoms with Gasteiger partial charge in [0, 0.05) is 16.8 Å². The lowest BCUT2D eigenvalue weighted by Gasteiger charge is -2.15. The summed E-state index contributed by atoms with van der Waals surface area (Å²) in [5, 5.41) is 4.68. The monoisotopic (exact) mass is 281 g/mol. The van der Waals surface area contributed by atoms with Gasteiger partial charge in [-0.2, -0.15) is 0 Å². The summed E-state index contributed by atoms with van der Waals surface area (Å²) in [6.07, 6.45) is 2.44. The summed E-state index contributed by atoms with van der Waals surface area (Å²) in [7, 11) is 0. The van der Waals surface area contributed by atoms with E-state index in [-0.39, 0.29) is 0 Å². The molecule has 0 bridgehead atoms. The van der Waals surface area contributed by atoms with Gasteiger partial charge in [0.05, 0.1) is 12.1 Å². The molecule has 108 valence electrons. The molecule has 0 aliphatic rings. The first-order valence-electron chi connectivity index (χ1n) is 7.21. The van der Waals surface area contributed by atoms with Crippen molar-refractivity contribution in [3.05, 3.63) is 53.4 Å². The lowest BCUT2D eigenvalue weighted by atomic mass is 10.0. The second-order valence-corrected chi connectivity index (χ2v) is 5.13. The summed E-state index contributed by atoms with van der Waals surface area (Å²) in [5.74, 6) is 0.857. The lowest BCUT2D eigenvalue weighted by Crippen LogP contribution is -2.06. The van der Waals surface area contributed by atoms with Gasteiger partial charge < -0.3 is 9.73 Å². The number of fused-ring (bicyclic) bond motifs is 1. The van der Waals surface area contributed by atoms with E-state index < -0.39 is 0 Å². The molecule has 3 rings (SSSR count). The van der Waals surface area contributed by atoms with Crippen molar-refractivity contribution in [2.24, 2.45) is 0 Å². The van der Waals surface area contributed by atoms with Crippen LogP contribution in [0.25, 0.3) is 10.9 Å². The molecule has 0 spiro atoms. The van der Waals surface area contributed by atoms with Crippen molar-refractivity contribution < 1.29 is 4.42 Å². The molecule has 0 saturated carbocycles. The Labute approximate surface area is 124 Å². The number of hydrogen-bond donors (Lipinski definition) is 1. The minimum atomic E-state index is 0.656. The van der Waals surface area contributed by atoms with Gasteiger partial charge in [-0.15, -0.1) is 0 Å². The fourth-order valence-corrected chi connectivity index (χ4v) is 2.68. The summed E-state index contributed by atoms with van der Waals surface area (Å²) in [6, 6.07) is 8.23. The predicted octanol–water partition coefficient (Wildman–Crippen LogP) is 4.01. The van der Waals surface area contributed by atoms with Crippen LogP contribution in [0.15, 0.2) is 35.1 Å². The number of aromatic nitrogens is 2. The van der Waals surface area contributed by atoms with Crippen molar-refractivity contribution in [1.82, 2.24) is 9.97 Å². The highest BCUT2D eigenvalue weighted by atomic mass is 16.3. The molecular formula is C17H19N3O. The molecule has 0 saturated heterocycles. The Kier molecular flexibility index (Phi) is 3.60. The number of nitrogens with zero attached hydrogens (tertiary/aromatic N) is 2. The van der Waals surface area contributed by atoms with Crippen LogP contribution in [0, 0.1) is 13.8 Å². The molecule has 0 radical (unpaired) electrons. The first-order chi connectivity index (χ1) is 10.2. The highest BCUT2D eigenvalue weighted by Gasteiger charge is 2.12. The lowest BCUT2D eigenvalue weighted by molar-refractivity contribution is 0.524. The van der Waals surface area contributed by atoms with Gasteiger partial charge in [-0.1, -0.05) is 25.1 Å². The number of nitrogens with one attached hydrogen (secondary N) is 1. The summed E-state index contributed by atoms with van der Waals surface area (Å²) in [4.78, 5) is 8.94. The smallest absolute Gasteiger partial charge is 0.181 e. The molecule has 4 nitrogen and oxygen atoms in total. The molecule has 2 aromatic heterocycles. The van der Waals surface area contributed by atoms with Crippen LogP contribution in [0.2, 0.25) is 0 Å². The first-order valence-corrected chi connectivity index (χ1v) is 7.21. The number of hydrogen-bond acceptors (Lipinski definition) is 4. The van der Waals surface area contributed by atoms with Gasteiger partial charge in [0.25, 0.3) is 0 Å². The van der Waals surface area contributed by atoms with Crippen LogP contribution < -0.4 is 5.32 Å². The molecule has 0 aliphatic carbocycles. The van der Waals surface area contributed by atoms with Crippen LogP contribution in [-0.2, 0) is 13.0 Å². The van der Waals surface area contributed by atoms with E-state index in [0.717, 1.165) is 40.2 Å². The molecule has 1 N–H and O–H groups in total. The normalized spacial score (nSPS) is 11.0. The molecule has 0 atom stereocenters. The van der Waals surface area contributed by atoms with Crippen LogP contribution in [0.1, 0.15) is 29.6 Å². The Bertz CT molecular complexity index is 777. The van der Waals surface area contributed by atoms with E-state index in [4.69, 9.17) is 9.40 Å². The van der Waals surface area contributed by atoms with Gasteiger partial charge in [-0.3, -0.25) is 4.98 Å².